The molecule has 0 unspecified atom stereocenters. The maximum atomic E-state index is 15.6. The molecule has 1 aromatic heterocycles. The number of benzene rings is 2. The van der Waals surface area contributed by atoms with Crippen LogP contribution in [0.2, 0.25) is 5.02 Å². The molecule has 0 aliphatic carbocycles. The lowest BCUT2D eigenvalue weighted by molar-refractivity contribution is -0.0499. The first-order valence-electron chi connectivity index (χ1n) is 9.55. The van der Waals surface area contributed by atoms with Crippen molar-refractivity contribution in [3.8, 4) is 5.75 Å². The van der Waals surface area contributed by atoms with Crippen LogP contribution in [0.4, 0.5) is 34.8 Å². The highest BCUT2D eigenvalue weighted by Crippen LogP contribution is 2.38. The van der Waals surface area contributed by atoms with Gasteiger partial charge in [-0.15, -0.1) is 0 Å². The average Bonchev–Trinajstić information content (AvgIpc) is 3.37. The maximum Gasteiger partial charge on any atom is 0.387 e. The smallest absolute Gasteiger partial charge is 0.387 e. The molecule has 2 aliphatic rings. The van der Waals surface area contributed by atoms with E-state index in [2.05, 4.69) is 25.3 Å². The third kappa shape index (κ3) is 3.49. The third-order valence-corrected chi connectivity index (χ3v) is 5.95. The van der Waals surface area contributed by atoms with Gasteiger partial charge in [-0.05, 0) is 30.7 Å². The average molecular weight is 454 g/mol. The molecule has 2 bridgehead atoms. The minimum atomic E-state index is -3.15. The van der Waals surface area contributed by atoms with Crippen LogP contribution < -0.4 is 20.3 Å². The number of alkyl halides is 2. The number of hydrogen-bond acceptors (Lipinski definition) is 6. The first kappa shape index (κ1) is 20.1. The van der Waals surface area contributed by atoms with Gasteiger partial charge in [0.05, 0.1) is 22.3 Å². The Labute approximate surface area is 179 Å². The Morgan fingerprint density at radius 3 is 2.71 bits per heavy atom. The molecule has 2 atom stereocenters. The fourth-order valence-corrected chi connectivity index (χ4v) is 4.43. The molecule has 2 N–H and O–H groups in total. The highest BCUT2D eigenvalue weighted by Gasteiger charge is 2.39. The third-order valence-electron chi connectivity index (χ3n) is 5.60. The molecule has 0 radical (unpaired) electrons. The maximum absolute atomic E-state index is 15.6. The molecule has 3 heterocycles. The predicted octanol–water partition coefficient (Wildman–Crippen LogP) is 4.46. The van der Waals surface area contributed by atoms with E-state index < -0.39 is 29.0 Å². The first-order valence-corrected chi connectivity index (χ1v) is 9.93. The number of ether oxygens (including phenoxy) is 1. The number of rotatable bonds is 5. The molecule has 6 nitrogen and oxygen atoms in total. The van der Waals surface area contributed by atoms with Crippen LogP contribution in [0.25, 0.3) is 10.9 Å². The number of aromatic nitrogens is 2. The normalized spacial score (nSPS) is 20.1. The molecule has 3 aromatic rings. The van der Waals surface area contributed by atoms with Gasteiger partial charge < -0.3 is 20.3 Å². The Kier molecular flexibility index (Phi) is 4.98. The molecule has 0 saturated carbocycles. The van der Waals surface area contributed by atoms with Gasteiger partial charge in [-0.3, -0.25) is 0 Å². The second-order valence-corrected chi connectivity index (χ2v) is 7.78. The lowest BCUT2D eigenvalue weighted by Crippen LogP contribution is -2.44. The van der Waals surface area contributed by atoms with Crippen LogP contribution in [0.3, 0.4) is 0 Å². The topological polar surface area (TPSA) is 62.3 Å². The van der Waals surface area contributed by atoms with E-state index in [1.165, 1.54) is 12.4 Å². The molecule has 0 amide bonds. The SMILES string of the molecule is Fc1c(Nc2ncnc3ccc(N4C[C@@H]5C[C@H]4CN5)c(F)c23)ccc(OC(F)F)c1Cl. The Hall–Kier alpha value is -2.85. The zero-order valence-corrected chi connectivity index (χ0v) is 16.6. The quantitative estimate of drug-likeness (QED) is 0.556. The fraction of sp³-hybridized carbons (Fsp3) is 0.300. The highest BCUT2D eigenvalue weighted by molar-refractivity contribution is 6.32. The van der Waals surface area contributed by atoms with Crippen molar-refractivity contribution in [3.05, 3.63) is 47.2 Å². The number of nitrogens with one attached hydrogen (secondary N) is 2. The lowest BCUT2D eigenvalue weighted by atomic mass is 10.1. The summed E-state index contributed by atoms with van der Waals surface area (Å²) in [5.41, 5.74) is 0.602. The molecular weight excluding hydrogens is 438 g/mol. The summed E-state index contributed by atoms with van der Waals surface area (Å²) >= 11 is 5.81. The summed E-state index contributed by atoms with van der Waals surface area (Å²) in [6, 6.07) is 6.16. The largest absolute Gasteiger partial charge is 0.433 e. The van der Waals surface area contributed by atoms with Gasteiger partial charge in [0.15, 0.2) is 11.6 Å². The lowest BCUT2D eigenvalue weighted by Gasteiger charge is -2.30. The van der Waals surface area contributed by atoms with E-state index in [-0.39, 0.29) is 22.9 Å². The number of hydrogen-bond donors (Lipinski definition) is 2. The fourth-order valence-electron chi connectivity index (χ4n) is 4.22. The summed E-state index contributed by atoms with van der Waals surface area (Å²) in [5.74, 6) is -2.01. The van der Waals surface area contributed by atoms with E-state index in [1.54, 1.807) is 12.1 Å². The summed E-state index contributed by atoms with van der Waals surface area (Å²) in [6.45, 7) is -1.67. The van der Waals surface area contributed by atoms with E-state index in [0.717, 1.165) is 19.0 Å². The van der Waals surface area contributed by atoms with Crippen molar-refractivity contribution in [2.75, 3.05) is 23.3 Å². The van der Waals surface area contributed by atoms with E-state index in [0.29, 0.717) is 23.8 Å². The second-order valence-electron chi connectivity index (χ2n) is 7.40. The van der Waals surface area contributed by atoms with Crippen LogP contribution in [-0.4, -0.2) is 41.8 Å². The molecule has 2 saturated heterocycles. The van der Waals surface area contributed by atoms with Gasteiger partial charge >= 0.3 is 6.61 Å². The minimum absolute atomic E-state index is 0.0318. The standard InChI is InChI=1S/C20H16ClF4N5O/c21-16-14(31-20(24)25)4-2-12(17(16)22)29-19-15-11(27-8-28-19)1-3-13(18(15)23)30-7-9-5-10(30)6-26-9/h1-4,8-10,20,26H,5-7H2,(H,27,28,29)/t9-,10-/m0/s1. The van der Waals surface area contributed by atoms with Crippen molar-refractivity contribution < 1.29 is 22.3 Å². The summed E-state index contributed by atoms with van der Waals surface area (Å²) in [4.78, 5) is 10.2. The van der Waals surface area contributed by atoms with E-state index >= 15 is 4.39 Å². The molecule has 0 spiro atoms. The van der Waals surface area contributed by atoms with E-state index in [9.17, 15) is 13.2 Å². The van der Waals surface area contributed by atoms with Crippen molar-refractivity contribution in [2.45, 2.75) is 25.1 Å². The second kappa shape index (κ2) is 7.69. The molecule has 5 rings (SSSR count). The van der Waals surface area contributed by atoms with Crippen molar-refractivity contribution >= 4 is 39.7 Å². The number of nitrogens with zero attached hydrogens (tertiary/aromatic N) is 3. The zero-order chi connectivity index (χ0) is 21.7. The molecule has 31 heavy (non-hydrogen) atoms. The molecule has 2 aliphatic heterocycles. The number of halogens is 5. The van der Waals surface area contributed by atoms with Gasteiger partial charge in [-0.25, -0.2) is 18.7 Å². The van der Waals surface area contributed by atoms with Crippen LogP contribution in [0.15, 0.2) is 30.6 Å². The van der Waals surface area contributed by atoms with E-state index in [4.69, 9.17) is 11.6 Å². The Morgan fingerprint density at radius 2 is 2.00 bits per heavy atom. The van der Waals surface area contributed by atoms with Crippen LogP contribution in [-0.2, 0) is 0 Å². The summed E-state index contributed by atoms with van der Waals surface area (Å²) in [7, 11) is 0. The van der Waals surface area contributed by atoms with Crippen LogP contribution >= 0.6 is 11.6 Å². The predicted molar refractivity (Wildman–Crippen MR) is 108 cm³/mol. The van der Waals surface area contributed by atoms with Crippen molar-refractivity contribution in [3.63, 3.8) is 0 Å². The minimum Gasteiger partial charge on any atom is -0.433 e. The molecular formula is C20H16ClF4N5O. The van der Waals surface area contributed by atoms with Crippen molar-refractivity contribution in [2.24, 2.45) is 0 Å². The number of fused-ring (bicyclic) bond motifs is 3. The first-order chi connectivity index (χ1) is 14.9. The van der Waals surface area contributed by atoms with Gasteiger partial charge in [-0.2, -0.15) is 8.78 Å². The van der Waals surface area contributed by atoms with Crippen molar-refractivity contribution in [1.82, 2.24) is 15.3 Å². The van der Waals surface area contributed by atoms with E-state index in [1.807, 2.05) is 4.90 Å². The summed E-state index contributed by atoms with van der Waals surface area (Å²) < 4.78 is 59.3. The van der Waals surface area contributed by atoms with Gasteiger partial charge in [0.1, 0.15) is 22.9 Å². The van der Waals surface area contributed by atoms with Gasteiger partial charge in [0.25, 0.3) is 0 Å². The Balaban J connectivity index is 1.53. The molecule has 2 fully saturated rings. The summed E-state index contributed by atoms with van der Waals surface area (Å²) in [6.07, 6.45) is 2.17. The number of piperazine rings is 1. The monoisotopic (exact) mass is 453 g/mol. The van der Waals surface area contributed by atoms with Crippen LogP contribution in [0.1, 0.15) is 6.42 Å². The Morgan fingerprint density at radius 1 is 1.16 bits per heavy atom. The molecule has 2 aromatic carbocycles. The number of anilines is 3. The Bertz CT molecular complexity index is 1160. The highest BCUT2D eigenvalue weighted by atomic mass is 35.5. The zero-order valence-electron chi connectivity index (χ0n) is 15.9. The van der Waals surface area contributed by atoms with Gasteiger partial charge in [0.2, 0.25) is 0 Å². The van der Waals surface area contributed by atoms with Crippen molar-refractivity contribution in [1.29, 1.82) is 0 Å². The van der Waals surface area contributed by atoms with Crippen LogP contribution in [0.5, 0.6) is 5.75 Å². The molecule has 162 valence electrons. The molecule has 11 heteroatoms. The van der Waals surface area contributed by atoms with Gasteiger partial charge in [0, 0.05) is 25.2 Å². The van der Waals surface area contributed by atoms with Gasteiger partial charge in [-0.1, -0.05) is 11.6 Å². The van der Waals surface area contributed by atoms with Crippen LogP contribution in [0, 0.1) is 11.6 Å². The summed E-state index contributed by atoms with van der Waals surface area (Å²) in [5, 5.41) is 5.55.